The summed E-state index contributed by atoms with van der Waals surface area (Å²) in [6.45, 7) is 6.89. The van der Waals surface area contributed by atoms with Gasteiger partial charge in [-0.3, -0.25) is 9.59 Å². The van der Waals surface area contributed by atoms with Crippen molar-refractivity contribution in [2.24, 2.45) is 28.6 Å². The van der Waals surface area contributed by atoms with Crippen molar-refractivity contribution in [1.29, 1.82) is 0 Å². The van der Waals surface area contributed by atoms with Crippen LogP contribution in [0, 0.1) is 28.6 Å². The summed E-state index contributed by atoms with van der Waals surface area (Å²) < 4.78 is 6.06. The Labute approximate surface area is 211 Å². The molecule has 0 amide bonds. The predicted molar refractivity (Wildman–Crippen MR) is 135 cm³/mol. The number of thioether (sulfide) groups is 1. The van der Waals surface area contributed by atoms with Crippen LogP contribution >= 0.6 is 24.0 Å². The second kappa shape index (κ2) is 8.80. The Balaban J connectivity index is 1.34. The molecule has 0 bridgehead atoms. The number of aliphatic hydroxyl groups excluding tert-OH is 1. The smallest absolute Gasteiger partial charge is 0.178 e. The van der Waals surface area contributed by atoms with Crippen LogP contribution in [-0.2, 0) is 14.3 Å². The molecule has 2 N–H and O–H groups in total. The van der Waals surface area contributed by atoms with E-state index in [2.05, 4.69) is 11.8 Å². The molecule has 186 valence electrons. The van der Waals surface area contributed by atoms with E-state index in [1.165, 1.54) is 11.8 Å². The molecular weight excluding hydrogens is 470 g/mol. The lowest BCUT2D eigenvalue weighted by atomic mass is 9.46. The molecule has 0 radical (unpaired) electrons. The van der Waals surface area contributed by atoms with Crippen LogP contribution < -0.4 is 0 Å². The molecule has 1 heterocycles. The molecule has 34 heavy (non-hydrogen) atoms. The van der Waals surface area contributed by atoms with Gasteiger partial charge in [0.05, 0.1) is 25.1 Å². The third-order valence-electron chi connectivity index (χ3n) is 9.71. The molecule has 0 unspecified atom stereocenters. The molecule has 7 atom stereocenters. The van der Waals surface area contributed by atoms with E-state index in [0.29, 0.717) is 30.4 Å². The average molecular weight is 506 g/mol. The number of ether oxygens (including phenoxy) is 1. The number of carbonyl (C=O) groups excluding carboxylic acids is 2. The Hall–Kier alpha value is -1.06. The number of hydrogen-bond donors (Lipinski definition) is 2. The summed E-state index contributed by atoms with van der Waals surface area (Å²) in [6.07, 6.45) is 8.04. The molecule has 0 aromatic rings. The average Bonchev–Trinajstić information content (AvgIpc) is 3.09. The SMILES string of the molecule is C[C@]12C=CC(=O)C=C1CC[C@@H]1[C@@H]2[C@@H](O)C[C@@]2(C)[C@H]1CC[C@]2(O)C(=O)CSC(=S)N1CCOCC1. The molecule has 8 heteroatoms. The van der Waals surface area contributed by atoms with Gasteiger partial charge in [0.25, 0.3) is 0 Å². The van der Waals surface area contributed by atoms with Crippen molar-refractivity contribution in [2.45, 2.75) is 57.7 Å². The Morgan fingerprint density at radius 1 is 1.29 bits per heavy atom. The lowest BCUT2D eigenvalue weighted by Gasteiger charge is -2.59. The number of morpholine rings is 1. The number of allylic oxidation sites excluding steroid dienone is 4. The van der Waals surface area contributed by atoms with Gasteiger partial charge in [-0.1, -0.05) is 49.5 Å². The molecule has 1 saturated heterocycles. The molecule has 3 saturated carbocycles. The first-order chi connectivity index (χ1) is 16.1. The minimum Gasteiger partial charge on any atom is -0.393 e. The monoisotopic (exact) mass is 505 g/mol. The van der Waals surface area contributed by atoms with Gasteiger partial charge in [-0.15, -0.1) is 0 Å². The summed E-state index contributed by atoms with van der Waals surface area (Å²) in [7, 11) is 0. The van der Waals surface area contributed by atoms with Crippen LogP contribution in [0.3, 0.4) is 0 Å². The normalized spacial score (nSPS) is 43.6. The fourth-order valence-electron chi connectivity index (χ4n) is 7.87. The summed E-state index contributed by atoms with van der Waals surface area (Å²) in [5.41, 5.74) is -1.35. The van der Waals surface area contributed by atoms with Crippen molar-refractivity contribution < 1.29 is 24.5 Å². The Kier molecular flexibility index (Phi) is 6.37. The van der Waals surface area contributed by atoms with Crippen molar-refractivity contribution >= 4 is 39.9 Å². The molecule has 0 spiro atoms. The largest absolute Gasteiger partial charge is 0.393 e. The van der Waals surface area contributed by atoms with Crippen LogP contribution in [0.15, 0.2) is 23.8 Å². The summed E-state index contributed by atoms with van der Waals surface area (Å²) in [4.78, 5) is 27.5. The van der Waals surface area contributed by atoms with E-state index in [9.17, 15) is 19.8 Å². The van der Waals surface area contributed by atoms with Crippen LogP contribution in [0.4, 0.5) is 0 Å². The van der Waals surface area contributed by atoms with Gasteiger partial charge in [-0.2, -0.15) is 0 Å². The first-order valence-electron chi connectivity index (χ1n) is 12.5. The topological polar surface area (TPSA) is 87.1 Å². The van der Waals surface area contributed by atoms with Crippen LogP contribution in [0.2, 0.25) is 0 Å². The standard InChI is InChI=1S/C26H35NO5S2/c1-24-7-5-17(28)13-16(24)3-4-18-19-6-8-26(31,25(19,2)14-20(29)22(18)24)21(30)15-34-23(33)27-9-11-32-12-10-27/h5,7,13,18-20,22,29,31H,3-4,6,8-12,14-15H2,1-2H3/t18-,19-,20-,22+,24-,25-,26-/m0/s1. The highest BCUT2D eigenvalue weighted by atomic mass is 32.2. The Morgan fingerprint density at radius 3 is 2.76 bits per heavy atom. The lowest BCUT2D eigenvalue weighted by Crippen LogP contribution is -2.61. The molecule has 4 aliphatic carbocycles. The van der Waals surface area contributed by atoms with Gasteiger partial charge in [-0.25, -0.2) is 0 Å². The fraction of sp³-hybridized carbons (Fsp3) is 0.731. The molecule has 1 aliphatic heterocycles. The van der Waals surface area contributed by atoms with E-state index < -0.39 is 17.1 Å². The van der Waals surface area contributed by atoms with Gasteiger partial charge in [0.2, 0.25) is 0 Å². The summed E-state index contributed by atoms with van der Waals surface area (Å²) >= 11 is 6.87. The number of rotatable bonds is 3. The number of Topliss-reactive ketones (excluding diaryl/α,β-unsaturated/α-hetero) is 1. The number of aliphatic hydroxyl groups is 2. The second-order valence-electron chi connectivity index (χ2n) is 11.2. The maximum absolute atomic E-state index is 13.5. The zero-order valence-corrected chi connectivity index (χ0v) is 21.6. The van der Waals surface area contributed by atoms with Gasteiger partial charge < -0.3 is 19.8 Å². The van der Waals surface area contributed by atoms with Crippen molar-refractivity contribution in [1.82, 2.24) is 4.90 Å². The minimum absolute atomic E-state index is 0.00403. The van der Waals surface area contributed by atoms with Crippen molar-refractivity contribution in [3.8, 4) is 0 Å². The van der Waals surface area contributed by atoms with Crippen molar-refractivity contribution in [2.75, 3.05) is 32.1 Å². The van der Waals surface area contributed by atoms with Crippen molar-refractivity contribution in [3.05, 3.63) is 23.8 Å². The number of carbonyl (C=O) groups is 2. The molecule has 6 nitrogen and oxygen atoms in total. The van der Waals surface area contributed by atoms with Crippen LogP contribution in [0.25, 0.3) is 0 Å². The Morgan fingerprint density at radius 2 is 2.03 bits per heavy atom. The number of thiocarbonyl (C=S) groups is 1. The van der Waals surface area contributed by atoms with E-state index in [1.807, 2.05) is 13.0 Å². The predicted octanol–water partition coefficient (Wildman–Crippen LogP) is 2.92. The first-order valence-corrected chi connectivity index (χ1v) is 13.9. The molecule has 5 rings (SSSR count). The van der Waals surface area contributed by atoms with Crippen LogP contribution in [0.1, 0.15) is 46.0 Å². The zero-order chi connectivity index (χ0) is 24.3. The van der Waals surface area contributed by atoms with E-state index in [-0.39, 0.29) is 40.5 Å². The van der Waals surface area contributed by atoms with Crippen LogP contribution in [0.5, 0.6) is 0 Å². The summed E-state index contributed by atoms with van der Waals surface area (Å²) in [5, 5.41) is 23.3. The molecular formula is C26H35NO5S2. The fourth-order valence-corrected chi connectivity index (χ4v) is 9.09. The zero-order valence-electron chi connectivity index (χ0n) is 20.0. The molecule has 5 aliphatic rings. The quantitative estimate of drug-likeness (QED) is 0.567. The maximum Gasteiger partial charge on any atom is 0.178 e. The lowest BCUT2D eigenvalue weighted by molar-refractivity contribution is -0.174. The number of hydrogen-bond acceptors (Lipinski definition) is 7. The van der Waals surface area contributed by atoms with E-state index in [0.717, 1.165) is 37.9 Å². The molecule has 0 aromatic heterocycles. The number of nitrogens with zero attached hydrogens (tertiary/aromatic N) is 1. The van der Waals surface area contributed by atoms with E-state index in [1.54, 1.807) is 12.2 Å². The van der Waals surface area contributed by atoms with Gasteiger partial charge in [0.1, 0.15) is 9.92 Å². The summed E-state index contributed by atoms with van der Waals surface area (Å²) in [6, 6.07) is 0. The third-order valence-corrected chi connectivity index (χ3v) is 11.2. The first kappa shape index (κ1) is 24.6. The second-order valence-corrected chi connectivity index (χ2v) is 12.8. The van der Waals surface area contributed by atoms with Gasteiger partial charge in [0.15, 0.2) is 11.6 Å². The van der Waals surface area contributed by atoms with E-state index >= 15 is 0 Å². The molecule has 0 aromatic carbocycles. The highest BCUT2D eigenvalue weighted by molar-refractivity contribution is 8.23. The van der Waals surface area contributed by atoms with E-state index in [4.69, 9.17) is 17.0 Å². The molecule has 4 fully saturated rings. The Bertz CT molecular complexity index is 959. The number of ketones is 2. The highest BCUT2D eigenvalue weighted by Gasteiger charge is 2.68. The third kappa shape index (κ3) is 3.67. The highest BCUT2D eigenvalue weighted by Crippen LogP contribution is 2.67. The van der Waals surface area contributed by atoms with Gasteiger partial charge in [0, 0.05) is 29.8 Å². The van der Waals surface area contributed by atoms with Crippen molar-refractivity contribution in [3.63, 3.8) is 0 Å². The van der Waals surface area contributed by atoms with Crippen LogP contribution in [-0.4, -0.2) is 74.8 Å². The van der Waals surface area contributed by atoms with Gasteiger partial charge in [-0.05, 0) is 56.1 Å². The maximum atomic E-state index is 13.5. The van der Waals surface area contributed by atoms with Gasteiger partial charge >= 0.3 is 0 Å². The number of fused-ring (bicyclic) bond motifs is 5. The minimum atomic E-state index is -1.45. The summed E-state index contributed by atoms with van der Waals surface area (Å²) in [5.74, 6) is 0.363.